The van der Waals surface area contributed by atoms with Crippen molar-refractivity contribution in [2.24, 2.45) is 17.3 Å². The van der Waals surface area contributed by atoms with E-state index in [1.54, 1.807) is 6.92 Å². The highest BCUT2D eigenvalue weighted by molar-refractivity contribution is 7.13. The smallest absolute Gasteiger partial charge is 0.281 e. The molecule has 0 atom stereocenters. The maximum absolute atomic E-state index is 12.2. The zero-order valence-corrected chi connectivity index (χ0v) is 14.3. The van der Waals surface area contributed by atoms with Gasteiger partial charge in [-0.1, -0.05) is 30.3 Å². The molecule has 3 rings (SSSR count). The van der Waals surface area contributed by atoms with Crippen LogP contribution in [-0.4, -0.2) is 14.7 Å². The molecule has 0 fully saturated rings. The molecule has 0 aliphatic heterocycles. The Bertz CT molecular complexity index is 1060. The minimum absolute atomic E-state index is 0.000151. The van der Waals surface area contributed by atoms with Crippen molar-refractivity contribution in [2.75, 3.05) is 0 Å². The number of thiazole rings is 1. The van der Waals surface area contributed by atoms with Gasteiger partial charge < -0.3 is 5.11 Å². The van der Waals surface area contributed by atoms with E-state index < -0.39 is 5.56 Å². The van der Waals surface area contributed by atoms with Crippen LogP contribution in [-0.2, 0) is 7.05 Å². The standard InChI is InChI=1S/C17H13N5O2S/c1-10-12(8-18)15(23)22(2)16(24)14(10)20-21-17-19-13(9-25-17)11-6-4-3-5-7-11/h3-7,9,23H,1-2H3. The Morgan fingerprint density at radius 2 is 2.00 bits per heavy atom. The van der Waals surface area contributed by atoms with E-state index in [1.165, 1.54) is 18.4 Å². The number of aromatic nitrogens is 2. The summed E-state index contributed by atoms with van der Waals surface area (Å²) in [6, 6.07) is 11.5. The Hall–Kier alpha value is -3.31. The fourth-order valence-electron chi connectivity index (χ4n) is 2.27. The van der Waals surface area contributed by atoms with E-state index in [0.717, 1.165) is 15.8 Å². The monoisotopic (exact) mass is 351 g/mol. The summed E-state index contributed by atoms with van der Waals surface area (Å²) in [5, 5.41) is 29.2. The molecule has 0 saturated carbocycles. The third-order valence-corrected chi connectivity index (χ3v) is 4.41. The zero-order chi connectivity index (χ0) is 18.0. The van der Waals surface area contributed by atoms with E-state index >= 15 is 0 Å². The lowest BCUT2D eigenvalue weighted by Crippen LogP contribution is -2.18. The average molecular weight is 351 g/mol. The number of benzene rings is 1. The fourth-order valence-corrected chi connectivity index (χ4v) is 2.91. The summed E-state index contributed by atoms with van der Waals surface area (Å²) in [4.78, 5) is 16.6. The maximum Gasteiger partial charge on any atom is 0.281 e. The number of nitrogens with zero attached hydrogens (tertiary/aromatic N) is 5. The molecular weight excluding hydrogens is 338 g/mol. The molecule has 7 nitrogen and oxygen atoms in total. The predicted molar refractivity (Wildman–Crippen MR) is 94.5 cm³/mol. The minimum Gasteiger partial charge on any atom is -0.493 e. The second kappa shape index (κ2) is 6.67. The van der Waals surface area contributed by atoms with E-state index in [-0.39, 0.29) is 22.7 Å². The lowest BCUT2D eigenvalue weighted by Gasteiger charge is -2.07. The number of rotatable bonds is 3. The van der Waals surface area contributed by atoms with E-state index in [9.17, 15) is 9.90 Å². The lowest BCUT2D eigenvalue weighted by atomic mass is 10.1. The number of azo groups is 1. The number of hydrogen-bond donors (Lipinski definition) is 1. The Kier molecular flexibility index (Phi) is 4.41. The first kappa shape index (κ1) is 16.5. The van der Waals surface area contributed by atoms with Gasteiger partial charge in [0.15, 0.2) is 5.69 Å². The van der Waals surface area contributed by atoms with Gasteiger partial charge in [0.2, 0.25) is 11.0 Å². The van der Waals surface area contributed by atoms with Crippen LogP contribution in [0.4, 0.5) is 10.8 Å². The molecule has 0 unspecified atom stereocenters. The third kappa shape index (κ3) is 3.05. The molecule has 2 aromatic heterocycles. The normalized spacial score (nSPS) is 10.9. The highest BCUT2D eigenvalue weighted by Gasteiger charge is 2.17. The van der Waals surface area contributed by atoms with Crippen LogP contribution in [0.3, 0.4) is 0 Å². The van der Waals surface area contributed by atoms with Crippen LogP contribution < -0.4 is 5.56 Å². The largest absolute Gasteiger partial charge is 0.493 e. The van der Waals surface area contributed by atoms with Crippen molar-refractivity contribution >= 4 is 22.2 Å². The molecule has 0 saturated heterocycles. The van der Waals surface area contributed by atoms with E-state index in [0.29, 0.717) is 5.13 Å². The van der Waals surface area contributed by atoms with Gasteiger partial charge in [-0.15, -0.1) is 21.6 Å². The van der Waals surface area contributed by atoms with Crippen LogP contribution in [0.15, 0.2) is 50.7 Å². The first-order chi connectivity index (χ1) is 12.0. The van der Waals surface area contributed by atoms with Crippen LogP contribution in [0.1, 0.15) is 11.1 Å². The topological polar surface area (TPSA) is 104 Å². The molecule has 0 bridgehead atoms. The Balaban J connectivity index is 1.99. The number of hydrogen-bond acceptors (Lipinski definition) is 7. The van der Waals surface area contributed by atoms with Crippen LogP contribution in [0.2, 0.25) is 0 Å². The second-order valence-electron chi connectivity index (χ2n) is 5.23. The molecule has 25 heavy (non-hydrogen) atoms. The molecule has 0 aliphatic carbocycles. The Morgan fingerprint density at radius 1 is 1.28 bits per heavy atom. The van der Waals surface area contributed by atoms with Crippen LogP contribution in [0.5, 0.6) is 5.88 Å². The van der Waals surface area contributed by atoms with Gasteiger partial charge in [-0.05, 0) is 6.92 Å². The van der Waals surface area contributed by atoms with Crippen molar-refractivity contribution in [3.8, 4) is 23.2 Å². The summed E-state index contributed by atoms with van der Waals surface area (Å²) >= 11 is 1.30. The highest BCUT2D eigenvalue weighted by Crippen LogP contribution is 2.29. The van der Waals surface area contributed by atoms with E-state index in [1.807, 2.05) is 41.8 Å². The van der Waals surface area contributed by atoms with Crippen LogP contribution in [0, 0.1) is 18.3 Å². The quantitative estimate of drug-likeness (QED) is 0.724. The van der Waals surface area contributed by atoms with E-state index in [2.05, 4.69) is 15.2 Å². The van der Waals surface area contributed by atoms with Crippen LogP contribution in [0.25, 0.3) is 11.3 Å². The van der Waals surface area contributed by atoms with Crippen molar-refractivity contribution in [1.29, 1.82) is 5.26 Å². The van der Waals surface area contributed by atoms with Gasteiger partial charge in [-0.2, -0.15) is 5.26 Å². The molecule has 124 valence electrons. The molecule has 3 aromatic rings. The molecule has 0 amide bonds. The van der Waals surface area contributed by atoms with Crippen LogP contribution >= 0.6 is 11.3 Å². The molecule has 8 heteroatoms. The summed E-state index contributed by atoms with van der Waals surface area (Å²) in [6.45, 7) is 1.55. The minimum atomic E-state index is -0.530. The molecule has 0 spiro atoms. The fraction of sp³-hybridized carbons (Fsp3) is 0.118. The van der Waals surface area contributed by atoms with Gasteiger partial charge in [0.1, 0.15) is 11.6 Å². The first-order valence-corrected chi connectivity index (χ1v) is 8.16. The van der Waals surface area contributed by atoms with Gasteiger partial charge in [-0.3, -0.25) is 9.36 Å². The van der Waals surface area contributed by atoms with Gasteiger partial charge in [0.25, 0.3) is 5.56 Å². The molecule has 1 aromatic carbocycles. The molecule has 1 N–H and O–H groups in total. The third-order valence-electron chi connectivity index (χ3n) is 3.69. The summed E-state index contributed by atoms with van der Waals surface area (Å²) in [5.74, 6) is -0.385. The summed E-state index contributed by atoms with van der Waals surface area (Å²) < 4.78 is 0.969. The molecule has 0 radical (unpaired) electrons. The average Bonchev–Trinajstić information content (AvgIpc) is 3.10. The van der Waals surface area contributed by atoms with Crippen molar-refractivity contribution < 1.29 is 5.11 Å². The van der Waals surface area contributed by atoms with Gasteiger partial charge in [0.05, 0.1) is 5.69 Å². The molecule has 0 aliphatic rings. The Morgan fingerprint density at radius 3 is 2.68 bits per heavy atom. The SMILES string of the molecule is Cc1c(C#N)c(O)n(C)c(=O)c1N=Nc1nc(-c2ccccc2)cs1. The summed E-state index contributed by atoms with van der Waals surface area (Å²) in [7, 11) is 1.37. The van der Waals surface area contributed by atoms with Crippen molar-refractivity contribution in [2.45, 2.75) is 6.92 Å². The summed E-state index contributed by atoms with van der Waals surface area (Å²) in [6.07, 6.45) is 0. The van der Waals surface area contributed by atoms with Gasteiger partial charge >= 0.3 is 0 Å². The second-order valence-corrected chi connectivity index (χ2v) is 6.07. The zero-order valence-electron chi connectivity index (χ0n) is 13.5. The Labute approximate surface area is 147 Å². The predicted octanol–water partition coefficient (Wildman–Crippen LogP) is 3.81. The van der Waals surface area contributed by atoms with Crippen molar-refractivity contribution in [1.82, 2.24) is 9.55 Å². The van der Waals surface area contributed by atoms with Crippen molar-refractivity contribution in [3.63, 3.8) is 0 Å². The molecule has 2 heterocycles. The lowest BCUT2D eigenvalue weighted by molar-refractivity contribution is 0.421. The first-order valence-electron chi connectivity index (χ1n) is 7.28. The highest BCUT2D eigenvalue weighted by atomic mass is 32.1. The van der Waals surface area contributed by atoms with E-state index in [4.69, 9.17) is 5.26 Å². The van der Waals surface area contributed by atoms with Gasteiger partial charge in [0, 0.05) is 23.6 Å². The van der Waals surface area contributed by atoms with Gasteiger partial charge in [-0.25, -0.2) is 4.98 Å². The summed E-state index contributed by atoms with van der Waals surface area (Å²) in [5.41, 5.74) is 1.49. The molecular formula is C17H13N5O2S. The number of nitriles is 1. The number of aromatic hydroxyl groups is 1. The number of pyridine rings is 1. The van der Waals surface area contributed by atoms with Crippen molar-refractivity contribution in [3.05, 3.63) is 57.2 Å². The maximum atomic E-state index is 12.2.